The number of hydrogen-bond acceptors (Lipinski definition) is 7. The summed E-state index contributed by atoms with van der Waals surface area (Å²) in [6.07, 6.45) is 9.98. The van der Waals surface area contributed by atoms with Gasteiger partial charge in [-0.2, -0.15) is 0 Å². The number of nitrogens with one attached hydrogen (secondary N) is 1. The average molecular weight is 430 g/mol. The quantitative estimate of drug-likeness (QED) is 0.620. The zero-order valence-electron chi connectivity index (χ0n) is 18.0. The average Bonchev–Trinajstić information content (AvgIpc) is 3.32. The van der Waals surface area contributed by atoms with Crippen LogP contribution in [0.1, 0.15) is 36.1 Å². The van der Waals surface area contributed by atoms with Gasteiger partial charge >= 0.3 is 0 Å². The summed E-state index contributed by atoms with van der Waals surface area (Å²) in [6, 6.07) is 7.94. The number of fused-ring (bicyclic) bond motifs is 1. The number of primary amides is 1. The minimum absolute atomic E-state index is 0.0354. The number of aryl methyl sites for hydroxylation is 1. The van der Waals surface area contributed by atoms with E-state index in [4.69, 9.17) is 15.7 Å². The first-order valence-electron chi connectivity index (χ1n) is 11.2. The smallest absolute Gasteiger partial charge is 0.220 e. The number of carbonyl (C=O) groups is 1. The molecule has 0 radical (unpaired) electrons. The highest BCUT2D eigenvalue weighted by Crippen LogP contribution is 2.30. The summed E-state index contributed by atoms with van der Waals surface area (Å²) in [5, 5.41) is 3.57. The Balaban J connectivity index is 1.37. The Labute approximate surface area is 187 Å². The monoisotopic (exact) mass is 429 g/mol. The van der Waals surface area contributed by atoms with Crippen LogP contribution in [0.25, 0.3) is 11.4 Å². The molecule has 8 heteroatoms. The van der Waals surface area contributed by atoms with E-state index >= 15 is 0 Å². The highest BCUT2D eigenvalue weighted by Gasteiger charge is 2.25. The van der Waals surface area contributed by atoms with Gasteiger partial charge < -0.3 is 16.0 Å². The van der Waals surface area contributed by atoms with Crippen LogP contribution in [-0.4, -0.2) is 38.9 Å². The third-order valence-electron chi connectivity index (χ3n) is 6.38. The summed E-state index contributed by atoms with van der Waals surface area (Å²) in [6.45, 7) is 2.19. The molecule has 1 saturated heterocycles. The van der Waals surface area contributed by atoms with E-state index in [1.807, 2.05) is 24.4 Å². The Morgan fingerprint density at radius 1 is 1.09 bits per heavy atom. The summed E-state index contributed by atoms with van der Waals surface area (Å²) in [5.74, 6) is 2.36. The Morgan fingerprint density at radius 3 is 2.69 bits per heavy atom. The molecule has 3 N–H and O–H groups in total. The predicted octanol–water partition coefficient (Wildman–Crippen LogP) is 2.74. The van der Waals surface area contributed by atoms with Gasteiger partial charge in [0.1, 0.15) is 11.6 Å². The number of rotatable bonds is 6. The lowest BCUT2D eigenvalue weighted by atomic mass is 9.96. The third-order valence-corrected chi connectivity index (χ3v) is 6.38. The summed E-state index contributed by atoms with van der Waals surface area (Å²) in [5.41, 5.74) is 9.93. The van der Waals surface area contributed by atoms with E-state index in [9.17, 15) is 4.79 Å². The van der Waals surface area contributed by atoms with Gasteiger partial charge in [0.05, 0.1) is 0 Å². The van der Waals surface area contributed by atoms with Crippen LogP contribution >= 0.6 is 0 Å². The molecule has 4 heterocycles. The number of hydrogen-bond donors (Lipinski definition) is 2. The zero-order chi connectivity index (χ0) is 21.9. The second-order valence-electron chi connectivity index (χ2n) is 8.41. The van der Waals surface area contributed by atoms with E-state index < -0.39 is 0 Å². The van der Waals surface area contributed by atoms with Crippen molar-refractivity contribution in [1.29, 1.82) is 0 Å². The number of amides is 1. The van der Waals surface area contributed by atoms with E-state index in [0.717, 1.165) is 79.5 Å². The molecule has 0 bridgehead atoms. The number of piperidine rings is 1. The van der Waals surface area contributed by atoms with Crippen molar-refractivity contribution in [2.45, 2.75) is 38.6 Å². The molecule has 0 unspecified atom stereocenters. The van der Waals surface area contributed by atoms with Crippen LogP contribution in [0, 0.1) is 5.92 Å². The molecule has 1 amide bonds. The summed E-state index contributed by atoms with van der Waals surface area (Å²) in [4.78, 5) is 32.2. The maximum Gasteiger partial charge on any atom is 0.220 e. The van der Waals surface area contributed by atoms with Gasteiger partial charge in [-0.15, -0.1) is 0 Å². The van der Waals surface area contributed by atoms with E-state index in [0.29, 0.717) is 6.54 Å². The van der Waals surface area contributed by atoms with Crippen molar-refractivity contribution in [3.05, 3.63) is 59.7 Å². The van der Waals surface area contributed by atoms with Crippen molar-refractivity contribution in [2.24, 2.45) is 11.7 Å². The van der Waals surface area contributed by atoms with Crippen LogP contribution in [0.2, 0.25) is 0 Å². The van der Waals surface area contributed by atoms with Crippen molar-refractivity contribution < 1.29 is 4.79 Å². The van der Waals surface area contributed by atoms with Gasteiger partial charge in [0.2, 0.25) is 5.91 Å². The van der Waals surface area contributed by atoms with Crippen molar-refractivity contribution >= 4 is 17.5 Å². The number of carbonyl (C=O) groups excluding carboxylic acids is 1. The van der Waals surface area contributed by atoms with Crippen LogP contribution in [0.4, 0.5) is 11.6 Å². The Morgan fingerprint density at radius 2 is 1.91 bits per heavy atom. The Bertz CT molecular complexity index is 1110. The largest absolute Gasteiger partial charge is 0.369 e. The molecular weight excluding hydrogens is 402 g/mol. The van der Waals surface area contributed by atoms with Gasteiger partial charge in [0.25, 0.3) is 0 Å². The van der Waals surface area contributed by atoms with Crippen LogP contribution in [0.15, 0.2) is 42.9 Å². The van der Waals surface area contributed by atoms with Crippen LogP contribution < -0.4 is 16.0 Å². The standard InChI is InChI=1S/C24H27N7O/c25-21(32)16-8-13-31(14-9-16)24-18(3-2-10-27-24)15-28-23-19-4-1-5-20(19)29-22(30-23)17-6-11-26-12-7-17/h2-3,6-7,10-12,16H,1,4-5,8-9,13-15H2,(H2,25,32)(H,28,29,30). The number of pyridine rings is 2. The molecule has 3 aromatic rings. The third kappa shape index (κ3) is 4.12. The lowest BCUT2D eigenvalue weighted by Crippen LogP contribution is -2.39. The molecule has 1 aliphatic carbocycles. The highest BCUT2D eigenvalue weighted by molar-refractivity contribution is 5.77. The van der Waals surface area contributed by atoms with E-state index in [1.54, 1.807) is 12.4 Å². The number of aromatic nitrogens is 4. The highest BCUT2D eigenvalue weighted by atomic mass is 16.1. The molecule has 0 atom stereocenters. The van der Waals surface area contributed by atoms with Crippen LogP contribution in [-0.2, 0) is 24.2 Å². The van der Waals surface area contributed by atoms with Gasteiger partial charge in [-0.25, -0.2) is 15.0 Å². The van der Waals surface area contributed by atoms with E-state index in [2.05, 4.69) is 26.3 Å². The minimum Gasteiger partial charge on any atom is -0.369 e. The SMILES string of the molecule is NC(=O)C1CCN(c2ncccc2CNc2nc(-c3ccncc3)nc3c2CCC3)CC1. The van der Waals surface area contributed by atoms with Gasteiger partial charge in [0, 0.05) is 66.5 Å². The van der Waals surface area contributed by atoms with Crippen molar-refractivity contribution in [3.63, 3.8) is 0 Å². The lowest BCUT2D eigenvalue weighted by molar-refractivity contribution is -0.122. The van der Waals surface area contributed by atoms with Crippen LogP contribution in [0.3, 0.4) is 0 Å². The fraction of sp³-hybridized carbons (Fsp3) is 0.375. The molecule has 2 aliphatic rings. The Hall–Kier alpha value is -3.55. The first-order valence-corrected chi connectivity index (χ1v) is 11.2. The van der Waals surface area contributed by atoms with Crippen LogP contribution in [0.5, 0.6) is 0 Å². The fourth-order valence-electron chi connectivity index (χ4n) is 4.62. The maximum absolute atomic E-state index is 11.5. The molecular formula is C24H27N7O. The first-order chi connectivity index (χ1) is 15.7. The number of anilines is 2. The topological polar surface area (TPSA) is 110 Å². The maximum atomic E-state index is 11.5. The molecule has 0 spiro atoms. The molecule has 3 aromatic heterocycles. The van der Waals surface area contributed by atoms with Gasteiger partial charge in [-0.05, 0) is 50.3 Å². The van der Waals surface area contributed by atoms with Crippen molar-refractivity contribution in [1.82, 2.24) is 19.9 Å². The zero-order valence-corrected chi connectivity index (χ0v) is 18.0. The molecule has 1 fully saturated rings. The van der Waals surface area contributed by atoms with Gasteiger partial charge in [-0.3, -0.25) is 9.78 Å². The second-order valence-corrected chi connectivity index (χ2v) is 8.41. The number of nitrogens with two attached hydrogens (primary N) is 1. The van der Waals surface area contributed by atoms with Gasteiger partial charge in [-0.1, -0.05) is 6.07 Å². The Kier molecular flexibility index (Phi) is 5.66. The molecule has 164 valence electrons. The minimum atomic E-state index is -0.199. The molecule has 1 aliphatic heterocycles. The molecule has 5 rings (SSSR count). The summed E-state index contributed by atoms with van der Waals surface area (Å²) < 4.78 is 0. The van der Waals surface area contributed by atoms with E-state index in [1.165, 1.54) is 5.56 Å². The normalized spacial score (nSPS) is 16.1. The fourth-order valence-corrected chi connectivity index (χ4v) is 4.62. The molecule has 8 nitrogen and oxygen atoms in total. The lowest BCUT2D eigenvalue weighted by Gasteiger charge is -2.32. The van der Waals surface area contributed by atoms with Crippen molar-refractivity contribution in [2.75, 3.05) is 23.3 Å². The van der Waals surface area contributed by atoms with Crippen molar-refractivity contribution in [3.8, 4) is 11.4 Å². The second kappa shape index (κ2) is 8.90. The summed E-state index contributed by atoms with van der Waals surface area (Å²) in [7, 11) is 0. The summed E-state index contributed by atoms with van der Waals surface area (Å²) >= 11 is 0. The predicted molar refractivity (Wildman–Crippen MR) is 123 cm³/mol. The van der Waals surface area contributed by atoms with E-state index in [-0.39, 0.29) is 11.8 Å². The van der Waals surface area contributed by atoms with Gasteiger partial charge in [0.15, 0.2) is 5.82 Å². The molecule has 0 aromatic carbocycles. The molecule has 32 heavy (non-hydrogen) atoms. The first kappa shape index (κ1) is 20.4. The number of nitrogens with zero attached hydrogens (tertiary/aromatic N) is 5. The molecule has 0 saturated carbocycles.